The van der Waals surface area contributed by atoms with Crippen LogP contribution in [0.2, 0.25) is 0 Å². The first-order valence-corrected chi connectivity index (χ1v) is 7.52. The molecule has 0 radical (unpaired) electrons. The molecule has 19 heavy (non-hydrogen) atoms. The Balaban J connectivity index is -0.00000144. The van der Waals surface area contributed by atoms with Crippen molar-refractivity contribution in [1.29, 1.82) is 0 Å². The fraction of sp³-hybridized carbons (Fsp3) is 0.933. The van der Waals surface area contributed by atoms with E-state index >= 15 is 0 Å². The van der Waals surface area contributed by atoms with Crippen LogP contribution in [0, 0.1) is 0 Å². The molecule has 0 aromatic rings. The molecule has 0 aliphatic rings. The van der Waals surface area contributed by atoms with Crippen LogP contribution in [0.15, 0.2) is 0 Å². The summed E-state index contributed by atoms with van der Waals surface area (Å²) in [5.74, 6) is 0. The maximum Gasteiger partial charge on any atom is 1.00 e. The average molecular weight is 281 g/mol. The Morgan fingerprint density at radius 2 is 1.32 bits per heavy atom. The summed E-state index contributed by atoms with van der Waals surface area (Å²) in [7, 11) is 3.42. The van der Waals surface area contributed by atoms with Crippen LogP contribution in [0.4, 0.5) is 4.79 Å². The molecule has 0 aliphatic heterocycles. The van der Waals surface area contributed by atoms with Crippen LogP contribution in [0.1, 0.15) is 72.6 Å². The molecule has 0 aromatic carbocycles. The summed E-state index contributed by atoms with van der Waals surface area (Å²) >= 11 is 0. The van der Waals surface area contributed by atoms with Gasteiger partial charge in [-0.3, -0.25) is 0 Å². The maximum absolute atomic E-state index is 11.1. The van der Waals surface area contributed by atoms with Crippen LogP contribution >= 0.6 is 0 Å². The minimum Gasteiger partial charge on any atom is -1.00 e. The molecule has 0 fully saturated rings. The van der Waals surface area contributed by atoms with Gasteiger partial charge in [-0.15, -0.1) is 0 Å². The fourth-order valence-corrected chi connectivity index (χ4v) is 1.88. The molecular formula is C15H32NNaO2. The Kier molecular flexibility index (Phi) is 18.5. The zero-order chi connectivity index (χ0) is 13.6. The average Bonchev–Trinajstić information content (AvgIpc) is 2.35. The Morgan fingerprint density at radius 3 is 1.74 bits per heavy atom. The van der Waals surface area contributed by atoms with E-state index < -0.39 is 0 Å². The third kappa shape index (κ3) is 16.2. The van der Waals surface area contributed by atoms with Crippen molar-refractivity contribution < 1.29 is 40.5 Å². The Bertz CT molecular complexity index is 204. The number of ether oxygens (including phenoxy) is 1. The number of hydrogen-bond acceptors (Lipinski definition) is 2. The summed E-state index contributed by atoms with van der Waals surface area (Å²) in [6, 6.07) is 0. The smallest absolute Gasteiger partial charge is 1.00 e. The predicted octanol–water partition coefficient (Wildman–Crippen LogP) is 1.72. The van der Waals surface area contributed by atoms with E-state index in [4.69, 9.17) is 4.74 Å². The van der Waals surface area contributed by atoms with Crippen molar-refractivity contribution in [3.8, 4) is 0 Å². The van der Waals surface area contributed by atoms with E-state index in [1.54, 1.807) is 14.1 Å². The van der Waals surface area contributed by atoms with Crippen LogP contribution < -0.4 is 29.6 Å². The molecule has 4 heteroatoms. The molecular weight excluding hydrogens is 249 g/mol. The zero-order valence-electron chi connectivity index (χ0n) is 14.5. The van der Waals surface area contributed by atoms with Crippen molar-refractivity contribution in [3.63, 3.8) is 0 Å². The number of carbonyl (C=O) groups is 1. The summed E-state index contributed by atoms with van der Waals surface area (Å²) in [6.07, 6.45) is 12.8. The molecule has 110 valence electrons. The molecule has 0 N–H and O–H groups in total. The number of carbonyl (C=O) groups excluding carboxylic acids is 1. The molecule has 0 saturated heterocycles. The fourth-order valence-electron chi connectivity index (χ4n) is 1.88. The van der Waals surface area contributed by atoms with Crippen molar-refractivity contribution in [2.24, 2.45) is 0 Å². The molecule has 0 aliphatic carbocycles. The van der Waals surface area contributed by atoms with Crippen molar-refractivity contribution in [2.75, 3.05) is 20.7 Å². The van der Waals surface area contributed by atoms with Crippen LogP contribution in [0.3, 0.4) is 0 Å². The first kappa shape index (κ1) is 21.6. The van der Waals surface area contributed by atoms with Crippen molar-refractivity contribution in [1.82, 2.24) is 4.90 Å². The minimum atomic E-state index is -0.231. The maximum atomic E-state index is 11.1. The number of unbranched alkanes of at least 4 members (excludes halogenated alkanes) is 9. The van der Waals surface area contributed by atoms with Gasteiger partial charge in [0.15, 0.2) is 0 Å². The molecule has 1 amide bonds. The van der Waals surface area contributed by atoms with Gasteiger partial charge >= 0.3 is 35.7 Å². The minimum absolute atomic E-state index is 0. The molecule has 3 nitrogen and oxygen atoms in total. The topological polar surface area (TPSA) is 29.5 Å². The Labute approximate surface area is 143 Å². The molecule has 0 bridgehead atoms. The third-order valence-corrected chi connectivity index (χ3v) is 3.09. The van der Waals surface area contributed by atoms with Crippen LogP contribution in [-0.2, 0) is 4.74 Å². The number of hydrogen-bond donors (Lipinski definition) is 0. The summed E-state index contributed by atoms with van der Waals surface area (Å²) < 4.78 is 5.06. The van der Waals surface area contributed by atoms with Gasteiger partial charge in [0, 0.05) is 14.1 Å². The normalized spacial score (nSPS) is 9.84. The van der Waals surface area contributed by atoms with Crippen molar-refractivity contribution in [3.05, 3.63) is 0 Å². The monoisotopic (exact) mass is 281 g/mol. The van der Waals surface area contributed by atoms with Gasteiger partial charge in [0.25, 0.3) is 0 Å². The third-order valence-electron chi connectivity index (χ3n) is 3.09. The van der Waals surface area contributed by atoms with E-state index in [9.17, 15) is 4.79 Å². The van der Waals surface area contributed by atoms with Gasteiger partial charge < -0.3 is 11.1 Å². The summed E-state index contributed by atoms with van der Waals surface area (Å²) in [6.45, 7) is 2.82. The number of nitrogens with zero attached hydrogens (tertiary/aromatic N) is 1. The number of rotatable bonds is 11. The second kappa shape index (κ2) is 16.3. The quantitative estimate of drug-likeness (QED) is 0.426. The van der Waals surface area contributed by atoms with Gasteiger partial charge in [0.2, 0.25) is 0 Å². The molecule has 0 rings (SSSR count). The zero-order valence-corrected chi connectivity index (χ0v) is 15.5. The first-order valence-electron chi connectivity index (χ1n) is 7.52. The van der Waals surface area contributed by atoms with Crippen LogP contribution in [-0.4, -0.2) is 31.7 Å². The summed E-state index contributed by atoms with van der Waals surface area (Å²) in [4.78, 5) is 12.6. The van der Waals surface area contributed by atoms with Gasteiger partial charge in [0.05, 0.1) is 6.61 Å². The summed E-state index contributed by atoms with van der Waals surface area (Å²) in [5.41, 5.74) is 0. The van der Waals surface area contributed by atoms with E-state index in [1.165, 1.54) is 62.7 Å². The second-order valence-corrected chi connectivity index (χ2v) is 5.19. The largest absolute Gasteiger partial charge is 1.00 e. The Morgan fingerprint density at radius 1 is 0.895 bits per heavy atom. The predicted molar refractivity (Wildman–Crippen MR) is 78.0 cm³/mol. The van der Waals surface area contributed by atoms with Gasteiger partial charge in [-0.1, -0.05) is 64.7 Å². The van der Waals surface area contributed by atoms with E-state index in [0.29, 0.717) is 6.61 Å². The second-order valence-electron chi connectivity index (χ2n) is 5.19. The van der Waals surface area contributed by atoms with Gasteiger partial charge in [-0.25, -0.2) is 4.79 Å². The molecule has 0 heterocycles. The van der Waals surface area contributed by atoms with Gasteiger partial charge in [-0.05, 0) is 6.42 Å². The van der Waals surface area contributed by atoms with E-state index in [2.05, 4.69) is 6.92 Å². The SMILES string of the molecule is CCCCCCCCCCCCOC(=O)N(C)C.[H-].[Na+]. The van der Waals surface area contributed by atoms with Gasteiger partial charge in [-0.2, -0.15) is 0 Å². The van der Waals surface area contributed by atoms with Gasteiger partial charge in [0.1, 0.15) is 0 Å². The first-order chi connectivity index (χ1) is 8.68. The van der Waals surface area contributed by atoms with E-state index in [1.807, 2.05) is 0 Å². The standard InChI is InChI=1S/C15H31NO2.Na.H/c1-4-5-6-7-8-9-10-11-12-13-14-18-15(17)16(2)3;;/h4-14H2,1-3H3;;/q;+1;-1. The Hall–Kier alpha value is 0.270. The molecule has 0 atom stereocenters. The van der Waals surface area contributed by atoms with E-state index in [0.717, 1.165) is 6.42 Å². The van der Waals surface area contributed by atoms with Crippen LogP contribution in [0.25, 0.3) is 0 Å². The van der Waals surface area contributed by atoms with Crippen LogP contribution in [0.5, 0.6) is 0 Å². The summed E-state index contributed by atoms with van der Waals surface area (Å²) in [5, 5.41) is 0. The van der Waals surface area contributed by atoms with E-state index in [-0.39, 0.29) is 37.1 Å². The number of amides is 1. The molecule has 0 saturated carbocycles. The molecule has 0 unspecified atom stereocenters. The molecule has 0 aromatic heterocycles. The molecule has 0 spiro atoms. The van der Waals surface area contributed by atoms with Crippen molar-refractivity contribution >= 4 is 6.09 Å². The van der Waals surface area contributed by atoms with Crippen molar-refractivity contribution in [2.45, 2.75) is 71.1 Å².